The molecule has 206 valence electrons. The number of nitrogens with one attached hydrogen (secondary N) is 1. The standard InChI is InChI=1S/C30H34BrN3O4S/c1-23(30(36)32-26-13-7-3-8-14-26)33(21-24-11-5-2-6-12-24)29(35)22-34(27-19-17-25(31)18-20-27)39(37,38)28-15-9-4-10-16-28/h2,4-6,9-12,15-20,23,26H,3,7-8,13-14,21-22H2,1H3,(H,32,36)/t23-/m1/s1. The van der Waals surface area contributed by atoms with Gasteiger partial charge in [-0.15, -0.1) is 0 Å². The van der Waals surface area contributed by atoms with Crippen molar-refractivity contribution in [2.45, 2.75) is 62.6 Å². The third kappa shape index (κ3) is 7.48. The summed E-state index contributed by atoms with van der Waals surface area (Å²) in [6.07, 6.45) is 5.18. The lowest BCUT2D eigenvalue weighted by Gasteiger charge is -2.33. The maximum atomic E-state index is 13.9. The number of sulfonamides is 1. The van der Waals surface area contributed by atoms with E-state index in [1.165, 1.54) is 23.5 Å². The molecular weight excluding hydrogens is 578 g/mol. The number of benzene rings is 3. The van der Waals surface area contributed by atoms with Crippen LogP contribution in [-0.2, 0) is 26.2 Å². The van der Waals surface area contributed by atoms with Crippen molar-refractivity contribution in [3.8, 4) is 0 Å². The predicted octanol–water partition coefficient (Wildman–Crippen LogP) is 5.51. The van der Waals surface area contributed by atoms with Crippen LogP contribution in [0.4, 0.5) is 5.69 Å². The molecule has 0 spiro atoms. The topological polar surface area (TPSA) is 86.8 Å². The first-order chi connectivity index (χ1) is 18.8. The van der Waals surface area contributed by atoms with E-state index in [0.717, 1.165) is 40.0 Å². The summed E-state index contributed by atoms with van der Waals surface area (Å²) < 4.78 is 29.4. The van der Waals surface area contributed by atoms with Gasteiger partial charge in [-0.25, -0.2) is 8.42 Å². The van der Waals surface area contributed by atoms with Crippen LogP contribution in [0.5, 0.6) is 0 Å². The van der Waals surface area contributed by atoms with Crippen LogP contribution in [0.3, 0.4) is 0 Å². The molecule has 0 aliphatic heterocycles. The van der Waals surface area contributed by atoms with E-state index in [0.29, 0.717) is 5.69 Å². The minimum Gasteiger partial charge on any atom is -0.352 e. The monoisotopic (exact) mass is 611 g/mol. The molecule has 39 heavy (non-hydrogen) atoms. The van der Waals surface area contributed by atoms with Gasteiger partial charge >= 0.3 is 0 Å². The van der Waals surface area contributed by atoms with Crippen LogP contribution in [0.2, 0.25) is 0 Å². The number of anilines is 1. The summed E-state index contributed by atoms with van der Waals surface area (Å²) in [7, 11) is -4.07. The zero-order valence-electron chi connectivity index (χ0n) is 22.0. The SMILES string of the molecule is C[C@H](C(=O)NC1CCCCC1)N(Cc1ccccc1)C(=O)CN(c1ccc(Br)cc1)S(=O)(=O)c1ccccc1. The molecule has 0 bridgehead atoms. The van der Waals surface area contributed by atoms with E-state index in [9.17, 15) is 18.0 Å². The Labute approximate surface area is 239 Å². The molecule has 1 aliphatic rings. The van der Waals surface area contributed by atoms with Gasteiger partial charge in [0.1, 0.15) is 12.6 Å². The highest BCUT2D eigenvalue weighted by atomic mass is 79.9. The van der Waals surface area contributed by atoms with E-state index in [1.54, 1.807) is 49.4 Å². The number of hydrogen-bond acceptors (Lipinski definition) is 4. The number of carbonyl (C=O) groups excluding carboxylic acids is 2. The van der Waals surface area contributed by atoms with E-state index in [-0.39, 0.29) is 23.4 Å². The van der Waals surface area contributed by atoms with E-state index in [1.807, 2.05) is 30.3 Å². The zero-order chi connectivity index (χ0) is 27.8. The second kappa shape index (κ2) is 13.3. The summed E-state index contributed by atoms with van der Waals surface area (Å²) in [5.74, 6) is -0.695. The summed E-state index contributed by atoms with van der Waals surface area (Å²) in [6, 6.07) is 23.5. The highest BCUT2D eigenvalue weighted by molar-refractivity contribution is 9.10. The molecule has 0 heterocycles. The van der Waals surface area contributed by atoms with Crippen molar-refractivity contribution >= 4 is 43.5 Å². The molecule has 3 aromatic rings. The van der Waals surface area contributed by atoms with Gasteiger partial charge in [0.25, 0.3) is 10.0 Å². The molecule has 1 saturated carbocycles. The Kier molecular flexibility index (Phi) is 9.80. The zero-order valence-corrected chi connectivity index (χ0v) is 24.4. The van der Waals surface area contributed by atoms with Crippen LogP contribution in [0.25, 0.3) is 0 Å². The largest absolute Gasteiger partial charge is 0.352 e. The second-order valence-electron chi connectivity index (χ2n) is 9.83. The Hall–Kier alpha value is -3.17. The molecule has 7 nitrogen and oxygen atoms in total. The molecule has 2 amide bonds. The Morgan fingerprint density at radius 1 is 0.897 bits per heavy atom. The fraction of sp³-hybridized carbons (Fsp3) is 0.333. The molecule has 9 heteroatoms. The van der Waals surface area contributed by atoms with Crippen LogP contribution in [0.1, 0.15) is 44.6 Å². The molecule has 0 radical (unpaired) electrons. The predicted molar refractivity (Wildman–Crippen MR) is 157 cm³/mol. The minimum atomic E-state index is -4.07. The van der Waals surface area contributed by atoms with Crippen molar-refractivity contribution < 1.29 is 18.0 Å². The average Bonchev–Trinajstić information content (AvgIpc) is 2.96. The highest BCUT2D eigenvalue weighted by Gasteiger charge is 2.33. The van der Waals surface area contributed by atoms with Crippen LogP contribution in [0.15, 0.2) is 94.3 Å². The van der Waals surface area contributed by atoms with Gasteiger partial charge in [0.05, 0.1) is 10.6 Å². The first kappa shape index (κ1) is 28.8. The molecule has 1 aliphatic carbocycles. The van der Waals surface area contributed by atoms with Crippen molar-refractivity contribution in [2.75, 3.05) is 10.8 Å². The van der Waals surface area contributed by atoms with Gasteiger partial charge in [0.15, 0.2) is 0 Å². The first-order valence-electron chi connectivity index (χ1n) is 13.2. The molecule has 0 aromatic heterocycles. The van der Waals surface area contributed by atoms with Crippen molar-refractivity contribution in [2.24, 2.45) is 0 Å². The number of carbonyl (C=O) groups is 2. The smallest absolute Gasteiger partial charge is 0.264 e. The molecule has 1 N–H and O–H groups in total. The van der Waals surface area contributed by atoms with E-state index in [4.69, 9.17) is 0 Å². The maximum absolute atomic E-state index is 13.9. The lowest BCUT2D eigenvalue weighted by molar-refractivity contribution is -0.139. The third-order valence-electron chi connectivity index (χ3n) is 7.04. The van der Waals surface area contributed by atoms with Crippen molar-refractivity contribution in [3.05, 3.63) is 95.0 Å². The minimum absolute atomic E-state index is 0.0819. The van der Waals surface area contributed by atoms with Gasteiger partial charge in [-0.05, 0) is 61.7 Å². The molecule has 1 atom stereocenters. The van der Waals surface area contributed by atoms with Crippen LogP contribution in [0, 0.1) is 0 Å². The number of rotatable bonds is 10. The lowest BCUT2D eigenvalue weighted by atomic mass is 9.95. The average molecular weight is 613 g/mol. The van der Waals surface area contributed by atoms with Crippen molar-refractivity contribution in [3.63, 3.8) is 0 Å². The van der Waals surface area contributed by atoms with E-state index in [2.05, 4.69) is 21.2 Å². The van der Waals surface area contributed by atoms with Crippen LogP contribution in [-0.4, -0.2) is 43.8 Å². The van der Waals surface area contributed by atoms with Gasteiger partial charge < -0.3 is 10.2 Å². The van der Waals surface area contributed by atoms with Crippen molar-refractivity contribution in [1.29, 1.82) is 0 Å². The van der Waals surface area contributed by atoms with Crippen LogP contribution < -0.4 is 9.62 Å². The normalized spacial score (nSPS) is 14.8. The highest BCUT2D eigenvalue weighted by Crippen LogP contribution is 2.26. The van der Waals surface area contributed by atoms with Gasteiger partial charge in [0.2, 0.25) is 11.8 Å². The van der Waals surface area contributed by atoms with Gasteiger partial charge in [-0.1, -0.05) is 83.7 Å². The lowest BCUT2D eigenvalue weighted by Crippen LogP contribution is -2.53. The van der Waals surface area contributed by atoms with Crippen LogP contribution >= 0.6 is 15.9 Å². The summed E-state index contributed by atoms with van der Waals surface area (Å²) in [6.45, 7) is 1.43. The number of halogens is 1. The molecule has 0 saturated heterocycles. The van der Waals surface area contributed by atoms with Gasteiger partial charge in [-0.3, -0.25) is 13.9 Å². The summed E-state index contributed by atoms with van der Waals surface area (Å²) >= 11 is 3.39. The number of hydrogen-bond donors (Lipinski definition) is 1. The molecule has 4 rings (SSSR count). The van der Waals surface area contributed by atoms with E-state index < -0.39 is 28.5 Å². The fourth-order valence-corrected chi connectivity index (χ4v) is 6.49. The summed E-state index contributed by atoms with van der Waals surface area (Å²) in [4.78, 5) is 28.8. The molecule has 3 aromatic carbocycles. The number of amides is 2. The Bertz CT molecular complexity index is 1350. The Morgan fingerprint density at radius 3 is 2.10 bits per heavy atom. The fourth-order valence-electron chi connectivity index (χ4n) is 4.79. The quantitative estimate of drug-likeness (QED) is 0.327. The molecular formula is C30H34BrN3O4S. The van der Waals surface area contributed by atoms with Gasteiger partial charge in [-0.2, -0.15) is 0 Å². The third-order valence-corrected chi connectivity index (χ3v) is 9.36. The Balaban J connectivity index is 1.64. The van der Waals surface area contributed by atoms with Crippen molar-refractivity contribution in [1.82, 2.24) is 10.2 Å². The first-order valence-corrected chi connectivity index (χ1v) is 15.5. The van der Waals surface area contributed by atoms with E-state index >= 15 is 0 Å². The molecule has 1 fully saturated rings. The van der Waals surface area contributed by atoms with Gasteiger partial charge in [0, 0.05) is 17.1 Å². The molecule has 0 unspecified atom stereocenters. The Morgan fingerprint density at radius 2 is 1.49 bits per heavy atom. The summed E-state index contributed by atoms with van der Waals surface area (Å²) in [5, 5.41) is 3.12. The second-order valence-corrected chi connectivity index (χ2v) is 12.6. The summed E-state index contributed by atoms with van der Waals surface area (Å²) in [5.41, 5.74) is 1.21. The maximum Gasteiger partial charge on any atom is 0.264 e. The number of nitrogens with zero attached hydrogens (tertiary/aromatic N) is 2.